The molecule has 0 spiro atoms. The van der Waals surface area contributed by atoms with Crippen LogP contribution in [0, 0.1) is 0 Å². The molecule has 1 aliphatic rings. The lowest BCUT2D eigenvalue weighted by Gasteiger charge is -2.28. The molecule has 8 nitrogen and oxygen atoms in total. The van der Waals surface area contributed by atoms with Crippen LogP contribution < -0.4 is 10.3 Å². The minimum atomic E-state index is 0.690. The molecule has 0 unspecified atom stereocenters. The molecule has 168 valence electrons. The van der Waals surface area contributed by atoms with Crippen LogP contribution in [0.5, 0.6) is 0 Å². The van der Waals surface area contributed by atoms with Gasteiger partial charge in [-0.15, -0.1) is 0 Å². The maximum Gasteiger partial charge on any atom is 0.152 e. The van der Waals surface area contributed by atoms with Gasteiger partial charge >= 0.3 is 0 Å². The van der Waals surface area contributed by atoms with Crippen LogP contribution in [0.2, 0.25) is 0 Å². The van der Waals surface area contributed by atoms with Crippen LogP contribution in [0.4, 0.5) is 11.6 Å². The molecule has 5 rings (SSSR count). The fourth-order valence-corrected chi connectivity index (χ4v) is 3.95. The van der Waals surface area contributed by atoms with Gasteiger partial charge in [-0.2, -0.15) is 5.10 Å². The van der Waals surface area contributed by atoms with Gasteiger partial charge < -0.3 is 14.6 Å². The molecule has 4 aromatic rings. The van der Waals surface area contributed by atoms with E-state index in [1.165, 1.54) is 0 Å². The summed E-state index contributed by atoms with van der Waals surface area (Å²) >= 11 is 0. The number of ether oxygens (including phenoxy) is 1. The fourth-order valence-electron chi connectivity index (χ4n) is 3.95. The van der Waals surface area contributed by atoms with Crippen LogP contribution >= 0.6 is 0 Å². The van der Waals surface area contributed by atoms with E-state index in [-0.39, 0.29) is 0 Å². The average Bonchev–Trinajstić information content (AvgIpc) is 3.28. The first-order valence-corrected chi connectivity index (χ1v) is 11.3. The molecule has 1 aliphatic heterocycles. The zero-order chi connectivity index (χ0) is 22.3. The molecule has 0 amide bonds. The summed E-state index contributed by atoms with van der Waals surface area (Å²) in [4.78, 5) is 19.5. The number of aromatic nitrogens is 4. The number of para-hydroxylation sites is 1. The van der Waals surface area contributed by atoms with E-state index in [1.807, 2.05) is 48.9 Å². The molecule has 33 heavy (non-hydrogen) atoms. The van der Waals surface area contributed by atoms with Crippen LogP contribution in [-0.2, 0) is 17.6 Å². The molecule has 1 saturated heterocycles. The van der Waals surface area contributed by atoms with Crippen molar-refractivity contribution in [1.82, 2.24) is 19.9 Å². The van der Waals surface area contributed by atoms with Crippen molar-refractivity contribution >= 4 is 28.8 Å². The average molecular weight is 442 g/mol. The zero-order valence-electron chi connectivity index (χ0n) is 18.4. The van der Waals surface area contributed by atoms with E-state index in [9.17, 15) is 0 Å². The third-order valence-electron chi connectivity index (χ3n) is 5.66. The standard InChI is InChI=1S/C25H27N7O/c1-2-9-22-21(8-1)19(17-27-22)18-28-31-24-16-25(32-12-14-33-15-13-32)30-23(29-24)10-5-7-20-6-3-4-11-26-20/h1-4,6,8-9,11,16-18,27H,5,7,10,12-15H2,(H,29,30,31)/b28-18+. The number of rotatable bonds is 8. The van der Waals surface area contributed by atoms with E-state index in [4.69, 9.17) is 14.7 Å². The van der Waals surface area contributed by atoms with Crippen molar-refractivity contribution in [3.05, 3.63) is 78.0 Å². The van der Waals surface area contributed by atoms with Gasteiger partial charge in [0.25, 0.3) is 0 Å². The number of aromatic amines is 1. The Morgan fingerprint density at radius 1 is 1.06 bits per heavy atom. The number of pyridine rings is 1. The van der Waals surface area contributed by atoms with Crippen molar-refractivity contribution in [2.24, 2.45) is 5.10 Å². The zero-order valence-corrected chi connectivity index (χ0v) is 18.4. The number of hydrogen-bond acceptors (Lipinski definition) is 7. The van der Waals surface area contributed by atoms with Crippen molar-refractivity contribution in [2.45, 2.75) is 19.3 Å². The van der Waals surface area contributed by atoms with Crippen molar-refractivity contribution in [1.29, 1.82) is 0 Å². The smallest absolute Gasteiger partial charge is 0.152 e. The molecule has 2 N–H and O–H groups in total. The summed E-state index contributed by atoms with van der Waals surface area (Å²) in [5.41, 5.74) is 6.31. The summed E-state index contributed by atoms with van der Waals surface area (Å²) in [5.74, 6) is 2.40. The van der Waals surface area contributed by atoms with Crippen molar-refractivity contribution in [2.75, 3.05) is 36.6 Å². The first-order valence-electron chi connectivity index (χ1n) is 11.3. The lowest BCUT2D eigenvalue weighted by molar-refractivity contribution is 0.122. The Balaban J connectivity index is 1.31. The molecule has 0 saturated carbocycles. The SMILES string of the molecule is C(=N\Nc1cc(N2CCOCC2)nc(CCCc2ccccn2)n1)/c1c[nH]c2ccccc12. The molecule has 4 heterocycles. The molecular weight excluding hydrogens is 414 g/mol. The third-order valence-corrected chi connectivity index (χ3v) is 5.66. The maximum absolute atomic E-state index is 5.50. The topological polar surface area (TPSA) is 91.3 Å². The first-order chi connectivity index (χ1) is 16.3. The van der Waals surface area contributed by atoms with E-state index in [2.05, 4.69) is 43.6 Å². The van der Waals surface area contributed by atoms with Gasteiger partial charge in [0.1, 0.15) is 11.6 Å². The number of nitrogens with one attached hydrogen (secondary N) is 2. The quantitative estimate of drug-likeness (QED) is 0.319. The summed E-state index contributed by atoms with van der Waals surface area (Å²) in [5, 5.41) is 5.59. The monoisotopic (exact) mass is 441 g/mol. The van der Waals surface area contributed by atoms with Gasteiger partial charge in [-0.05, 0) is 31.0 Å². The highest BCUT2D eigenvalue weighted by atomic mass is 16.5. The van der Waals surface area contributed by atoms with E-state index >= 15 is 0 Å². The Hall–Kier alpha value is -3.78. The summed E-state index contributed by atoms with van der Waals surface area (Å²) in [6, 6.07) is 16.1. The fraction of sp³-hybridized carbons (Fsp3) is 0.280. The van der Waals surface area contributed by atoms with Gasteiger partial charge in [-0.1, -0.05) is 24.3 Å². The van der Waals surface area contributed by atoms with E-state index in [0.29, 0.717) is 19.0 Å². The maximum atomic E-state index is 5.50. The molecule has 0 aliphatic carbocycles. The van der Waals surface area contributed by atoms with Crippen molar-refractivity contribution in [3.8, 4) is 0 Å². The van der Waals surface area contributed by atoms with Gasteiger partial charge in [0.2, 0.25) is 0 Å². The highest BCUT2D eigenvalue weighted by Crippen LogP contribution is 2.19. The number of morpholine rings is 1. The van der Waals surface area contributed by atoms with Gasteiger partial charge in [0.05, 0.1) is 19.4 Å². The molecule has 0 bridgehead atoms. The van der Waals surface area contributed by atoms with Gasteiger partial charge in [0, 0.05) is 60.1 Å². The summed E-state index contributed by atoms with van der Waals surface area (Å²) in [7, 11) is 0. The summed E-state index contributed by atoms with van der Waals surface area (Å²) in [6.07, 6.45) is 8.21. The van der Waals surface area contributed by atoms with E-state index in [1.54, 1.807) is 0 Å². The van der Waals surface area contributed by atoms with Gasteiger partial charge in [-0.25, -0.2) is 9.97 Å². The number of hydrogen-bond donors (Lipinski definition) is 2. The molecule has 1 fully saturated rings. The molecule has 1 aromatic carbocycles. The van der Waals surface area contributed by atoms with Crippen LogP contribution in [0.15, 0.2) is 66.0 Å². The molecule has 3 aromatic heterocycles. The van der Waals surface area contributed by atoms with Gasteiger partial charge in [-0.3, -0.25) is 10.4 Å². The van der Waals surface area contributed by atoms with E-state index < -0.39 is 0 Å². The lowest BCUT2D eigenvalue weighted by atomic mass is 10.1. The number of benzene rings is 1. The van der Waals surface area contributed by atoms with Crippen LogP contribution in [-0.4, -0.2) is 52.5 Å². The summed E-state index contributed by atoms with van der Waals surface area (Å²) < 4.78 is 5.50. The second-order valence-electron chi connectivity index (χ2n) is 7.96. The Bertz CT molecular complexity index is 1220. The molecule has 8 heteroatoms. The number of hydrazone groups is 1. The van der Waals surface area contributed by atoms with Gasteiger partial charge in [0.15, 0.2) is 5.82 Å². The number of H-pyrrole nitrogens is 1. The molecule has 0 atom stereocenters. The highest BCUT2D eigenvalue weighted by molar-refractivity contribution is 5.99. The Morgan fingerprint density at radius 2 is 1.94 bits per heavy atom. The van der Waals surface area contributed by atoms with Crippen LogP contribution in [0.1, 0.15) is 23.5 Å². The molecule has 0 radical (unpaired) electrons. The van der Waals surface area contributed by atoms with Crippen LogP contribution in [0.3, 0.4) is 0 Å². The number of nitrogens with zero attached hydrogens (tertiary/aromatic N) is 5. The predicted octanol–water partition coefficient (Wildman–Crippen LogP) is 3.81. The first kappa shape index (κ1) is 21.1. The third kappa shape index (κ3) is 5.35. The number of fused-ring (bicyclic) bond motifs is 1. The predicted molar refractivity (Wildman–Crippen MR) is 131 cm³/mol. The largest absolute Gasteiger partial charge is 0.378 e. The Labute approximate surface area is 192 Å². The Kier molecular flexibility index (Phi) is 6.53. The van der Waals surface area contributed by atoms with Crippen LogP contribution in [0.25, 0.3) is 10.9 Å². The lowest BCUT2D eigenvalue weighted by Crippen LogP contribution is -2.37. The Morgan fingerprint density at radius 3 is 2.82 bits per heavy atom. The normalized spacial score (nSPS) is 14.2. The minimum Gasteiger partial charge on any atom is -0.378 e. The highest BCUT2D eigenvalue weighted by Gasteiger charge is 2.15. The number of aryl methyl sites for hydroxylation is 2. The van der Waals surface area contributed by atoms with Crippen molar-refractivity contribution < 1.29 is 4.74 Å². The minimum absolute atomic E-state index is 0.690. The number of anilines is 2. The second-order valence-corrected chi connectivity index (χ2v) is 7.96. The second kappa shape index (κ2) is 10.2. The van der Waals surface area contributed by atoms with E-state index in [0.717, 1.165) is 66.2 Å². The summed E-state index contributed by atoms with van der Waals surface area (Å²) in [6.45, 7) is 3.06. The van der Waals surface area contributed by atoms with Crippen molar-refractivity contribution in [3.63, 3.8) is 0 Å². The molecular formula is C25H27N7O.